The number of carbonyl (C=O) groups excluding carboxylic acids is 2. The topological polar surface area (TPSA) is 99.5 Å². The Balaban J connectivity index is 1.51. The van der Waals surface area contributed by atoms with E-state index in [4.69, 9.17) is 5.21 Å². The number of hydroxylamine groups is 1. The van der Waals surface area contributed by atoms with Crippen LogP contribution in [-0.4, -0.2) is 38.1 Å². The zero-order valence-electron chi connectivity index (χ0n) is 15.0. The van der Waals surface area contributed by atoms with Gasteiger partial charge in [0.05, 0.1) is 12.2 Å². The van der Waals surface area contributed by atoms with Crippen LogP contribution in [-0.2, 0) is 13.1 Å². The summed E-state index contributed by atoms with van der Waals surface area (Å²) in [7, 11) is 0. The molecular formula is C20H19N5O3. The highest BCUT2D eigenvalue weighted by Crippen LogP contribution is 2.28. The number of hydrogen-bond donors (Lipinski definition) is 3. The molecule has 3 N–H and O–H groups in total. The molecule has 0 radical (unpaired) electrons. The molecule has 4 rings (SSSR count). The fourth-order valence-electron chi connectivity index (χ4n) is 3.25. The van der Waals surface area contributed by atoms with Crippen molar-refractivity contribution in [3.05, 3.63) is 72.3 Å². The van der Waals surface area contributed by atoms with E-state index in [0.717, 1.165) is 16.8 Å². The minimum atomic E-state index is -0.672. The molecule has 1 aliphatic heterocycles. The van der Waals surface area contributed by atoms with Crippen LogP contribution in [0.5, 0.6) is 0 Å². The van der Waals surface area contributed by atoms with Gasteiger partial charge in [0.25, 0.3) is 5.91 Å². The first kappa shape index (κ1) is 17.7. The van der Waals surface area contributed by atoms with Gasteiger partial charge in [-0.2, -0.15) is 0 Å². The van der Waals surface area contributed by atoms with E-state index < -0.39 is 5.91 Å². The first-order valence-electron chi connectivity index (χ1n) is 8.86. The van der Waals surface area contributed by atoms with Crippen LogP contribution in [0.25, 0.3) is 11.1 Å². The molecule has 1 aromatic heterocycles. The molecule has 0 saturated carbocycles. The largest absolute Gasteiger partial charge is 0.331 e. The van der Waals surface area contributed by atoms with E-state index in [2.05, 4.69) is 10.3 Å². The van der Waals surface area contributed by atoms with Crippen LogP contribution in [0.2, 0.25) is 0 Å². The minimum Gasteiger partial charge on any atom is -0.331 e. The molecule has 0 aliphatic carbocycles. The normalized spacial score (nSPS) is 13.0. The Hall–Kier alpha value is -3.65. The number of nitrogens with one attached hydrogen (secondary N) is 2. The molecule has 0 unspecified atom stereocenters. The van der Waals surface area contributed by atoms with E-state index >= 15 is 0 Å². The van der Waals surface area contributed by atoms with Gasteiger partial charge in [-0.05, 0) is 11.6 Å². The van der Waals surface area contributed by atoms with Crippen molar-refractivity contribution in [1.82, 2.24) is 19.9 Å². The lowest BCUT2D eigenvalue weighted by molar-refractivity contribution is 0.0701. The number of nitrogens with zero attached hydrogens (tertiary/aromatic N) is 3. The van der Waals surface area contributed by atoms with Gasteiger partial charge in [0.2, 0.25) is 0 Å². The predicted molar refractivity (Wildman–Crippen MR) is 103 cm³/mol. The Morgan fingerprint density at radius 2 is 1.75 bits per heavy atom. The number of imidazole rings is 1. The van der Waals surface area contributed by atoms with Gasteiger partial charge in [-0.1, -0.05) is 48.5 Å². The van der Waals surface area contributed by atoms with Crippen molar-refractivity contribution < 1.29 is 14.8 Å². The summed E-state index contributed by atoms with van der Waals surface area (Å²) in [5.41, 5.74) is 4.38. The Kier molecular flexibility index (Phi) is 4.77. The highest BCUT2D eigenvalue weighted by atomic mass is 16.5. The van der Waals surface area contributed by atoms with Crippen LogP contribution < -0.4 is 10.8 Å². The number of rotatable bonds is 3. The zero-order valence-corrected chi connectivity index (χ0v) is 15.0. The van der Waals surface area contributed by atoms with Gasteiger partial charge < -0.3 is 14.8 Å². The average molecular weight is 377 g/mol. The maximum atomic E-state index is 12.8. The molecule has 1 aliphatic rings. The van der Waals surface area contributed by atoms with Crippen molar-refractivity contribution in [3.8, 4) is 11.1 Å². The molecule has 28 heavy (non-hydrogen) atoms. The second-order valence-corrected chi connectivity index (χ2v) is 6.44. The van der Waals surface area contributed by atoms with E-state index in [0.29, 0.717) is 18.9 Å². The quantitative estimate of drug-likeness (QED) is 0.483. The maximum absolute atomic E-state index is 12.8. The molecule has 3 aromatic rings. The third kappa shape index (κ3) is 3.45. The van der Waals surface area contributed by atoms with Crippen LogP contribution >= 0.6 is 0 Å². The smallest absolute Gasteiger partial charge is 0.322 e. The van der Waals surface area contributed by atoms with Gasteiger partial charge in [0, 0.05) is 24.8 Å². The lowest BCUT2D eigenvalue weighted by Gasteiger charge is -2.28. The molecule has 142 valence electrons. The number of para-hydroxylation sites is 1. The summed E-state index contributed by atoms with van der Waals surface area (Å²) in [4.78, 5) is 30.2. The van der Waals surface area contributed by atoms with Crippen LogP contribution in [0.3, 0.4) is 0 Å². The third-order valence-electron chi connectivity index (χ3n) is 4.68. The highest BCUT2D eigenvalue weighted by Gasteiger charge is 2.24. The molecule has 0 spiro atoms. The summed E-state index contributed by atoms with van der Waals surface area (Å²) < 4.78 is 1.81. The summed E-state index contributed by atoms with van der Waals surface area (Å²) in [5.74, 6) is -0.0777. The first-order chi connectivity index (χ1) is 13.7. The van der Waals surface area contributed by atoms with Gasteiger partial charge in [-0.15, -0.1) is 0 Å². The van der Waals surface area contributed by atoms with E-state index in [1.807, 2.05) is 59.2 Å². The monoisotopic (exact) mass is 377 g/mol. The highest BCUT2D eigenvalue weighted by molar-refractivity contribution is 5.94. The number of urea groups is 1. The van der Waals surface area contributed by atoms with E-state index in [1.54, 1.807) is 16.6 Å². The van der Waals surface area contributed by atoms with Gasteiger partial charge in [-0.25, -0.2) is 15.3 Å². The number of anilines is 1. The fraction of sp³-hybridized carbons (Fsp3) is 0.150. The van der Waals surface area contributed by atoms with Gasteiger partial charge in [0.1, 0.15) is 11.5 Å². The van der Waals surface area contributed by atoms with E-state index in [1.165, 1.54) is 0 Å². The summed E-state index contributed by atoms with van der Waals surface area (Å²) in [6, 6.07) is 17.3. The van der Waals surface area contributed by atoms with Crippen molar-refractivity contribution in [2.24, 2.45) is 0 Å². The number of benzene rings is 2. The average Bonchev–Trinajstić information content (AvgIpc) is 3.17. The summed E-state index contributed by atoms with van der Waals surface area (Å²) in [5, 5.41) is 11.7. The number of fused-ring (bicyclic) bond motifs is 1. The van der Waals surface area contributed by atoms with Crippen molar-refractivity contribution in [2.45, 2.75) is 13.1 Å². The molecule has 3 amide bonds. The first-order valence-corrected chi connectivity index (χ1v) is 8.86. The molecule has 0 atom stereocenters. The fourth-order valence-corrected chi connectivity index (χ4v) is 3.25. The predicted octanol–water partition coefficient (Wildman–Crippen LogP) is 2.72. The van der Waals surface area contributed by atoms with Crippen LogP contribution in [0.4, 0.5) is 10.5 Å². The standard InChI is InChI=1S/C20H19N5O3/c26-19(23-28)17-12-24-10-11-25(13-18(24)21-17)20(27)22-16-9-5-4-8-15(16)14-6-2-1-3-7-14/h1-9,12,28H,10-11,13H2,(H,22,27)(H,23,26). The van der Waals surface area contributed by atoms with E-state index in [-0.39, 0.29) is 18.3 Å². The van der Waals surface area contributed by atoms with Crippen molar-refractivity contribution in [3.63, 3.8) is 0 Å². The second-order valence-electron chi connectivity index (χ2n) is 6.44. The SMILES string of the molecule is O=C(NO)c1cn2c(n1)CN(C(=O)Nc1ccccc1-c1ccccc1)CC2. The molecule has 8 heteroatoms. The number of carbonyl (C=O) groups is 2. The number of amides is 3. The molecule has 8 nitrogen and oxygen atoms in total. The Morgan fingerprint density at radius 1 is 1.00 bits per heavy atom. The minimum absolute atomic E-state index is 0.120. The van der Waals surface area contributed by atoms with Crippen LogP contribution in [0, 0.1) is 0 Å². The van der Waals surface area contributed by atoms with E-state index in [9.17, 15) is 9.59 Å². The Bertz CT molecular complexity index is 1020. The third-order valence-corrected chi connectivity index (χ3v) is 4.68. The second kappa shape index (κ2) is 7.53. The molecular weight excluding hydrogens is 358 g/mol. The summed E-state index contributed by atoms with van der Waals surface area (Å²) in [6.07, 6.45) is 1.57. The molecule has 0 fully saturated rings. The molecule has 0 saturated heterocycles. The van der Waals surface area contributed by atoms with Crippen molar-refractivity contribution >= 4 is 17.6 Å². The summed E-state index contributed by atoms with van der Waals surface area (Å²) in [6.45, 7) is 1.29. The Labute approximate surface area is 161 Å². The van der Waals surface area contributed by atoms with Gasteiger partial charge in [-0.3, -0.25) is 10.0 Å². The van der Waals surface area contributed by atoms with Gasteiger partial charge in [0.15, 0.2) is 0 Å². The number of aromatic nitrogens is 2. The molecule has 2 heterocycles. The van der Waals surface area contributed by atoms with Crippen LogP contribution in [0.1, 0.15) is 16.3 Å². The summed E-state index contributed by atoms with van der Waals surface area (Å²) >= 11 is 0. The number of hydrogen-bond acceptors (Lipinski definition) is 4. The molecule has 2 aromatic carbocycles. The Morgan fingerprint density at radius 3 is 2.54 bits per heavy atom. The lowest BCUT2D eigenvalue weighted by atomic mass is 10.0. The van der Waals surface area contributed by atoms with Gasteiger partial charge >= 0.3 is 6.03 Å². The lowest BCUT2D eigenvalue weighted by Crippen LogP contribution is -2.40. The van der Waals surface area contributed by atoms with Crippen molar-refractivity contribution in [2.75, 3.05) is 11.9 Å². The van der Waals surface area contributed by atoms with Crippen molar-refractivity contribution in [1.29, 1.82) is 0 Å². The zero-order chi connectivity index (χ0) is 19.5. The maximum Gasteiger partial charge on any atom is 0.322 e. The molecule has 0 bridgehead atoms. The van der Waals surface area contributed by atoms with Crippen LogP contribution in [0.15, 0.2) is 60.8 Å².